The van der Waals surface area contributed by atoms with Crippen LogP contribution in [0.1, 0.15) is 18.2 Å². The highest BCUT2D eigenvalue weighted by Crippen LogP contribution is 2.36. The molecule has 32 heavy (non-hydrogen) atoms. The highest BCUT2D eigenvalue weighted by molar-refractivity contribution is 5.96. The van der Waals surface area contributed by atoms with Crippen LogP contribution in [0.5, 0.6) is 5.75 Å². The SMILES string of the molecule is CCc1cccc2c(Nc3cc(C)[nH]n3)nc(-c3ccc4[nH][nH]c(=O)c4c3OCF)nc12. The highest BCUT2D eigenvalue weighted by Gasteiger charge is 2.20. The molecule has 0 aliphatic carbocycles. The van der Waals surface area contributed by atoms with Gasteiger partial charge in [0.15, 0.2) is 11.6 Å². The van der Waals surface area contributed by atoms with Gasteiger partial charge in [-0.3, -0.25) is 20.1 Å². The molecule has 5 aromatic rings. The van der Waals surface area contributed by atoms with Crippen LogP contribution in [0, 0.1) is 6.92 Å². The Bertz CT molecular complexity index is 1500. The Hall–Kier alpha value is -4.21. The molecule has 9 nitrogen and oxygen atoms in total. The summed E-state index contributed by atoms with van der Waals surface area (Å²) in [5, 5.41) is 16.7. The van der Waals surface area contributed by atoms with Crippen LogP contribution in [0.3, 0.4) is 0 Å². The largest absolute Gasteiger partial charge is 0.461 e. The van der Waals surface area contributed by atoms with Gasteiger partial charge in [0, 0.05) is 17.1 Å². The molecule has 3 heterocycles. The van der Waals surface area contributed by atoms with E-state index >= 15 is 0 Å². The first-order valence-electron chi connectivity index (χ1n) is 10.1. The maximum absolute atomic E-state index is 13.3. The monoisotopic (exact) mass is 433 g/mol. The van der Waals surface area contributed by atoms with Crippen molar-refractivity contribution in [2.24, 2.45) is 0 Å². The summed E-state index contributed by atoms with van der Waals surface area (Å²) in [5.74, 6) is 1.54. The summed E-state index contributed by atoms with van der Waals surface area (Å²) < 4.78 is 18.5. The number of benzene rings is 2. The van der Waals surface area contributed by atoms with Crippen LogP contribution in [-0.4, -0.2) is 37.2 Å². The van der Waals surface area contributed by atoms with Crippen molar-refractivity contribution < 1.29 is 9.13 Å². The van der Waals surface area contributed by atoms with E-state index in [0.717, 1.165) is 28.6 Å². The summed E-state index contributed by atoms with van der Waals surface area (Å²) in [5.41, 5.74) is 3.18. The Morgan fingerprint density at radius 3 is 2.78 bits per heavy atom. The molecule has 4 N–H and O–H groups in total. The molecule has 0 spiro atoms. The lowest BCUT2D eigenvalue weighted by molar-refractivity contribution is 0.194. The molecule has 0 aliphatic heterocycles. The quantitative estimate of drug-likeness (QED) is 0.319. The molecule has 2 aromatic carbocycles. The van der Waals surface area contributed by atoms with E-state index in [0.29, 0.717) is 28.5 Å². The van der Waals surface area contributed by atoms with Crippen molar-refractivity contribution in [1.82, 2.24) is 30.4 Å². The number of aromatic amines is 3. The van der Waals surface area contributed by atoms with Crippen molar-refractivity contribution in [3.63, 3.8) is 0 Å². The molecular formula is C22H20FN7O2. The lowest BCUT2D eigenvalue weighted by Crippen LogP contribution is -2.05. The minimum absolute atomic E-state index is 0.0855. The third-order valence-corrected chi connectivity index (χ3v) is 5.28. The van der Waals surface area contributed by atoms with Crippen molar-refractivity contribution >= 4 is 33.4 Å². The number of aryl methyl sites for hydroxylation is 2. The summed E-state index contributed by atoms with van der Waals surface area (Å²) >= 11 is 0. The van der Waals surface area contributed by atoms with Crippen LogP contribution in [-0.2, 0) is 6.42 Å². The van der Waals surface area contributed by atoms with Crippen molar-refractivity contribution in [1.29, 1.82) is 0 Å². The molecular weight excluding hydrogens is 413 g/mol. The zero-order valence-corrected chi connectivity index (χ0v) is 17.4. The fourth-order valence-electron chi connectivity index (χ4n) is 3.80. The second-order valence-electron chi connectivity index (χ2n) is 7.32. The van der Waals surface area contributed by atoms with Gasteiger partial charge >= 0.3 is 0 Å². The van der Waals surface area contributed by atoms with E-state index in [1.807, 2.05) is 38.1 Å². The van der Waals surface area contributed by atoms with Crippen LogP contribution < -0.4 is 15.6 Å². The molecule has 0 aliphatic rings. The van der Waals surface area contributed by atoms with Crippen molar-refractivity contribution in [3.8, 4) is 17.1 Å². The zero-order chi connectivity index (χ0) is 22.2. The van der Waals surface area contributed by atoms with Gasteiger partial charge in [-0.05, 0) is 37.1 Å². The maximum Gasteiger partial charge on any atom is 0.275 e. The molecule has 0 fully saturated rings. The molecule has 5 rings (SSSR count). The van der Waals surface area contributed by atoms with E-state index in [1.54, 1.807) is 12.1 Å². The predicted octanol–water partition coefficient (Wildman–Crippen LogP) is 4.11. The van der Waals surface area contributed by atoms with Gasteiger partial charge in [0.25, 0.3) is 5.56 Å². The fourth-order valence-corrected chi connectivity index (χ4v) is 3.80. The molecule has 0 saturated carbocycles. The van der Waals surface area contributed by atoms with E-state index < -0.39 is 12.4 Å². The molecule has 162 valence electrons. The van der Waals surface area contributed by atoms with E-state index in [2.05, 4.69) is 25.7 Å². The minimum atomic E-state index is -1.10. The number of hydrogen-bond donors (Lipinski definition) is 4. The zero-order valence-electron chi connectivity index (χ0n) is 17.4. The second-order valence-corrected chi connectivity index (χ2v) is 7.32. The van der Waals surface area contributed by atoms with Crippen LogP contribution in [0.2, 0.25) is 0 Å². The van der Waals surface area contributed by atoms with Crippen LogP contribution in [0.25, 0.3) is 33.2 Å². The Kier molecular flexibility index (Phi) is 4.81. The lowest BCUT2D eigenvalue weighted by Gasteiger charge is -2.14. The summed E-state index contributed by atoms with van der Waals surface area (Å²) in [6.45, 7) is 2.85. The molecule has 10 heteroatoms. The number of hydrogen-bond acceptors (Lipinski definition) is 6. The number of rotatable bonds is 6. The first-order valence-corrected chi connectivity index (χ1v) is 10.1. The topological polar surface area (TPSA) is 124 Å². The first-order chi connectivity index (χ1) is 15.6. The molecule has 0 amide bonds. The molecule has 3 aromatic heterocycles. The third-order valence-electron chi connectivity index (χ3n) is 5.28. The Labute approximate surface area is 181 Å². The average molecular weight is 433 g/mol. The van der Waals surface area contributed by atoms with Gasteiger partial charge in [-0.1, -0.05) is 19.1 Å². The standard InChI is InChI=1S/C22H20FN7O2/c1-3-12-5-4-6-13-18(12)25-21(26-20(13)24-16-9-11(2)27-29-16)14-7-8-15-17(19(14)32-10-23)22(31)30-28-15/h4-9H,3,10H2,1-2H3,(H2,28,30,31)(H2,24,25,26,27,29). The summed E-state index contributed by atoms with van der Waals surface area (Å²) in [7, 11) is 0. The minimum Gasteiger partial charge on any atom is -0.461 e. The van der Waals surface area contributed by atoms with Gasteiger partial charge in [-0.15, -0.1) is 0 Å². The van der Waals surface area contributed by atoms with Crippen molar-refractivity contribution in [3.05, 3.63) is 58.0 Å². The highest BCUT2D eigenvalue weighted by atomic mass is 19.1. The summed E-state index contributed by atoms with van der Waals surface area (Å²) in [4.78, 5) is 21.8. The maximum atomic E-state index is 13.3. The van der Waals surface area contributed by atoms with E-state index in [4.69, 9.17) is 14.7 Å². The average Bonchev–Trinajstić information content (AvgIpc) is 3.39. The van der Waals surface area contributed by atoms with E-state index in [9.17, 15) is 9.18 Å². The van der Waals surface area contributed by atoms with Gasteiger partial charge in [0.05, 0.1) is 16.6 Å². The number of para-hydroxylation sites is 1. The van der Waals surface area contributed by atoms with E-state index in [-0.39, 0.29) is 11.1 Å². The van der Waals surface area contributed by atoms with Gasteiger partial charge in [-0.2, -0.15) is 5.10 Å². The first kappa shape index (κ1) is 19.7. The van der Waals surface area contributed by atoms with E-state index in [1.165, 1.54) is 0 Å². The molecule has 0 radical (unpaired) electrons. The Balaban J connectivity index is 1.78. The number of fused-ring (bicyclic) bond motifs is 2. The smallest absolute Gasteiger partial charge is 0.275 e. The number of nitrogens with zero attached hydrogens (tertiary/aromatic N) is 3. The number of nitrogens with one attached hydrogen (secondary N) is 4. The Morgan fingerprint density at radius 2 is 2.03 bits per heavy atom. The Morgan fingerprint density at radius 1 is 1.16 bits per heavy atom. The fraction of sp³-hybridized carbons (Fsp3) is 0.182. The molecule has 0 atom stereocenters. The number of anilines is 2. The van der Waals surface area contributed by atoms with Gasteiger partial charge in [0.2, 0.25) is 6.86 Å². The predicted molar refractivity (Wildman–Crippen MR) is 120 cm³/mol. The molecule has 0 bridgehead atoms. The van der Waals surface area contributed by atoms with Crippen LogP contribution >= 0.6 is 0 Å². The summed E-state index contributed by atoms with van der Waals surface area (Å²) in [6.07, 6.45) is 0.763. The van der Waals surface area contributed by atoms with Gasteiger partial charge < -0.3 is 10.1 Å². The number of alkyl halides is 1. The molecule has 0 unspecified atom stereocenters. The van der Waals surface area contributed by atoms with Gasteiger partial charge in [0.1, 0.15) is 17.0 Å². The van der Waals surface area contributed by atoms with Crippen molar-refractivity contribution in [2.75, 3.05) is 12.2 Å². The number of ether oxygens (including phenoxy) is 1. The normalized spacial score (nSPS) is 11.3. The third kappa shape index (κ3) is 3.25. The molecule has 0 saturated heterocycles. The summed E-state index contributed by atoms with van der Waals surface area (Å²) in [6, 6.07) is 11.2. The number of aromatic nitrogens is 6. The van der Waals surface area contributed by atoms with Gasteiger partial charge in [-0.25, -0.2) is 14.4 Å². The second kappa shape index (κ2) is 7.80. The van der Waals surface area contributed by atoms with Crippen LogP contribution in [0.4, 0.5) is 16.0 Å². The number of H-pyrrole nitrogens is 3. The number of halogens is 1. The van der Waals surface area contributed by atoms with Crippen molar-refractivity contribution in [2.45, 2.75) is 20.3 Å². The lowest BCUT2D eigenvalue weighted by atomic mass is 10.1. The van der Waals surface area contributed by atoms with Crippen LogP contribution in [0.15, 0.2) is 41.2 Å².